The molecule has 2 aliphatic carbocycles. The number of nitrogens with one attached hydrogen (secondary N) is 1. The zero-order valence-electron chi connectivity index (χ0n) is 15.1. The molecule has 1 amide bonds. The van der Waals surface area contributed by atoms with E-state index in [1.54, 1.807) is 4.68 Å². The van der Waals surface area contributed by atoms with E-state index in [-0.39, 0.29) is 24.0 Å². The molecule has 8 heteroatoms. The van der Waals surface area contributed by atoms with Gasteiger partial charge >= 0.3 is 0 Å². The number of nitrogens with zero attached hydrogens (tertiary/aromatic N) is 4. The first-order chi connectivity index (χ1) is 12.3. The second-order valence-corrected chi connectivity index (χ2v) is 8.28. The van der Waals surface area contributed by atoms with Gasteiger partial charge in [0.2, 0.25) is 12.0 Å². The van der Waals surface area contributed by atoms with Crippen LogP contribution >= 0.6 is 0 Å². The highest BCUT2D eigenvalue weighted by atomic mass is 16.5. The molecule has 0 aliphatic heterocycles. The second-order valence-electron chi connectivity index (χ2n) is 8.28. The predicted molar refractivity (Wildman–Crippen MR) is 92.7 cm³/mol. The minimum absolute atomic E-state index is 0.139. The van der Waals surface area contributed by atoms with Crippen molar-refractivity contribution < 1.29 is 14.6 Å². The maximum absolute atomic E-state index is 12.9. The Morgan fingerprint density at radius 3 is 2.96 bits per heavy atom. The largest absolute Gasteiger partial charge is 0.619 e. The lowest BCUT2D eigenvalue weighted by molar-refractivity contribution is -0.605. The van der Waals surface area contributed by atoms with E-state index >= 15 is 0 Å². The van der Waals surface area contributed by atoms with Gasteiger partial charge in [-0.15, -0.1) is 0 Å². The molecule has 0 spiro atoms. The molecule has 3 atom stereocenters. The normalized spacial score (nSPS) is 21.8. The number of carbonyl (C=O) groups excluding carboxylic acids is 1. The second kappa shape index (κ2) is 5.77. The van der Waals surface area contributed by atoms with Crippen LogP contribution in [-0.4, -0.2) is 38.4 Å². The molecule has 2 heterocycles. The Morgan fingerprint density at radius 1 is 1.54 bits per heavy atom. The number of amides is 1. The molecule has 4 rings (SSSR count). The van der Waals surface area contributed by atoms with Gasteiger partial charge in [0.1, 0.15) is 0 Å². The van der Waals surface area contributed by atoms with E-state index in [1.165, 1.54) is 18.6 Å². The van der Waals surface area contributed by atoms with Crippen LogP contribution in [0.2, 0.25) is 0 Å². The van der Waals surface area contributed by atoms with Gasteiger partial charge in [-0.25, -0.2) is 9.67 Å². The van der Waals surface area contributed by atoms with Crippen molar-refractivity contribution in [2.45, 2.75) is 45.6 Å². The molecule has 2 N–H and O–H groups in total. The van der Waals surface area contributed by atoms with Crippen molar-refractivity contribution in [1.29, 1.82) is 0 Å². The number of aliphatic hydroxyl groups is 1. The first kappa shape index (κ1) is 17.0. The highest BCUT2D eigenvalue weighted by Gasteiger charge is 2.50. The summed E-state index contributed by atoms with van der Waals surface area (Å²) < 4.78 is 2.32. The SMILES string of the molecule is CC(C)(C)C(CO)NC(=O)c1nn(-c2c[n+]([O-])ccn2)c2c1C[C@@H]1C[C@H]21. The summed E-state index contributed by atoms with van der Waals surface area (Å²) in [5, 5.41) is 28.6. The third-order valence-electron chi connectivity index (χ3n) is 5.39. The van der Waals surface area contributed by atoms with Crippen molar-refractivity contribution in [2.75, 3.05) is 6.61 Å². The number of hydrogen-bond donors (Lipinski definition) is 2. The summed E-state index contributed by atoms with van der Waals surface area (Å²) in [7, 11) is 0. The van der Waals surface area contributed by atoms with Gasteiger partial charge in [0.15, 0.2) is 11.9 Å². The molecule has 2 aromatic heterocycles. The van der Waals surface area contributed by atoms with Crippen molar-refractivity contribution in [3.63, 3.8) is 0 Å². The molecule has 1 saturated carbocycles. The molecule has 0 aromatic carbocycles. The van der Waals surface area contributed by atoms with Crippen LogP contribution in [-0.2, 0) is 6.42 Å². The first-order valence-electron chi connectivity index (χ1n) is 8.88. The van der Waals surface area contributed by atoms with Crippen LogP contribution in [0.4, 0.5) is 0 Å². The Balaban J connectivity index is 1.71. The van der Waals surface area contributed by atoms with E-state index < -0.39 is 0 Å². The van der Waals surface area contributed by atoms with Gasteiger partial charge in [-0.05, 0) is 24.2 Å². The molecule has 2 aliphatic rings. The topological polar surface area (TPSA) is 107 Å². The Hall–Kier alpha value is -2.48. The van der Waals surface area contributed by atoms with Crippen LogP contribution < -0.4 is 10.0 Å². The number of hydrogen-bond acceptors (Lipinski definition) is 5. The zero-order chi connectivity index (χ0) is 18.6. The average molecular weight is 357 g/mol. The third-order valence-corrected chi connectivity index (χ3v) is 5.39. The van der Waals surface area contributed by atoms with E-state index in [0.717, 1.165) is 24.1 Å². The van der Waals surface area contributed by atoms with Gasteiger partial charge in [0.25, 0.3) is 5.91 Å². The first-order valence-corrected chi connectivity index (χ1v) is 8.88. The maximum Gasteiger partial charge on any atom is 0.272 e. The Morgan fingerprint density at radius 2 is 2.31 bits per heavy atom. The molecule has 0 saturated heterocycles. The fourth-order valence-electron chi connectivity index (χ4n) is 3.71. The number of aliphatic hydroxyl groups excluding tert-OH is 1. The highest BCUT2D eigenvalue weighted by Crippen LogP contribution is 2.57. The maximum atomic E-state index is 12.9. The van der Waals surface area contributed by atoms with Crippen molar-refractivity contribution >= 4 is 5.91 Å². The summed E-state index contributed by atoms with van der Waals surface area (Å²) in [6, 6.07) is -0.370. The molecule has 26 heavy (non-hydrogen) atoms. The standard InChI is InChI=1S/C18H23N5O3/c1-18(2,3)13(9-24)20-17(25)15-12-7-10-6-11(10)16(12)23(21-15)14-8-22(26)5-4-19-14/h4-5,8,10-11,13,24H,6-7,9H2,1-3H3,(H,20,25)/t10-,11-,13?/m0/s1. The van der Waals surface area contributed by atoms with E-state index in [9.17, 15) is 15.1 Å². The molecule has 1 unspecified atom stereocenters. The van der Waals surface area contributed by atoms with Crippen LogP contribution in [0.5, 0.6) is 0 Å². The number of carbonyl (C=O) groups is 1. The molecular weight excluding hydrogens is 334 g/mol. The highest BCUT2D eigenvalue weighted by molar-refractivity contribution is 5.94. The third kappa shape index (κ3) is 2.74. The lowest BCUT2D eigenvalue weighted by atomic mass is 9.87. The minimum Gasteiger partial charge on any atom is -0.619 e. The Kier molecular flexibility index (Phi) is 3.76. The van der Waals surface area contributed by atoms with Gasteiger partial charge in [-0.3, -0.25) is 4.79 Å². The minimum atomic E-state index is -0.370. The fourth-order valence-corrected chi connectivity index (χ4v) is 3.71. The predicted octanol–water partition coefficient (Wildman–Crippen LogP) is 0.697. The van der Waals surface area contributed by atoms with Crippen LogP contribution in [0.3, 0.4) is 0 Å². The van der Waals surface area contributed by atoms with Gasteiger partial charge in [-0.1, -0.05) is 20.8 Å². The van der Waals surface area contributed by atoms with E-state index in [2.05, 4.69) is 15.4 Å². The molecule has 0 radical (unpaired) electrons. The van der Waals surface area contributed by atoms with Crippen LogP contribution in [0.1, 0.15) is 54.9 Å². The van der Waals surface area contributed by atoms with Crippen LogP contribution in [0.25, 0.3) is 5.82 Å². The summed E-state index contributed by atoms with van der Waals surface area (Å²) in [5.41, 5.74) is 2.04. The van der Waals surface area contributed by atoms with E-state index in [1.807, 2.05) is 20.8 Å². The Bertz CT molecular complexity index is 870. The number of rotatable bonds is 4. The smallest absolute Gasteiger partial charge is 0.272 e. The van der Waals surface area contributed by atoms with E-state index in [4.69, 9.17) is 0 Å². The van der Waals surface area contributed by atoms with Crippen molar-refractivity contribution in [1.82, 2.24) is 20.1 Å². The number of fused-ring (bicyclic) bond motifs is 3. The fraction of sp³-hybridized carbons (Fsp3) is 0.556. The summed E-state index contributed by atoms with van der Waals surface area (Å²) in [6.45, 7) is 5.76. The lowest BCUT2D eigenvalue weighted by Gasteiger charge is -2.29. The van der Waals surface area contributed by atoms with Gasteiger partial charge in [0.05, 0.1) is 24.5 Å². The lowest BCUT2D eigenvalue weighted by Crippen LogP contribution is -2.46. The zero-order valence-corrected chi connectivity index (χ0v) is 15.1. The van der Waals surface area contributed by atoms with Gasteiger partial charge < -0.3 is 15.6 Å². The van der Waals surface area contributed by atoms with Crippen LogP contribution in [0.15, 0.2) is 18.6 Å². The summed E-state index contributed by atoms with van der Waals surface area (Å²) >= 11 is 0. The molecule has 0 bridgehead atoms. The van der Waals surface area contributed by atoms with Crippen molar-refractivity contribution in [3.05, 3.63) is 40.7 Å². The molecule has 8 nitrogen and oxygen atoms in total. The summed E-state index contributed by atoms with van der Waals surface area (Å²) in [6.07, 6.45) is 6.01. The van der Waals surface area contributed by atoms with Gasteiger partial charge in [0, 0.05) is 11.5 Å². The van der Waals surface area contributed by atoms with Crippen molar-refractivity contribution in [3.8, 4) is 5.82 Å². The van der Waals surface area contributed by atoms with Gasteiger partial charge in [-0.2, -0.15) is 9.83 Å². The Labute approximate surface area is 151 Å². The van der Waals surface area contributed by atoms with Crippen LogP contribution in [0, 0.1) is 16.5 Å². The average Bonchev–Trinajstić information content (AvgIpc) is 3.07. The number of aromatic nitrogens is 4. The monoisotopic (exact) mass is 357 g/mol. The molecule has 1 fully saturated rings. The molecule has 138 valence electrons. The van der Waals surface area contributed by atoms with Crippen molar-refractivity contribution in [2.24, 2.45) is 11.3 Å². The summed E-state index contributed by atoms with van der Waals surface area (Å²) in [4.78, 5) is 17.1. The summed E-state index contributed by atoms with van der Waals surface area (Å²) in [5.74, 6) is 1.07. The van der Waals surface area contributed by atoms with E-state index in [0.29, 0.717) is 28.1 Å². The molecular formula is C18H23N5O3. The molecule has 2 aromatic rings. The quantitative estimate of drug-likeness (QED) is 0.619.